The first-order valence-electron chi connectivity index (χ1n) is 5.34. The number of nitriles is 1. The van der Waals surface area contributed by atoms with Gasteiger partial charge < -0.3 is 5.73 Å². The molecule has 0 rings (SSSR count). The second-order valence-corrected chi connectivity index (χ2v) is 3.77. The van der Waals surface area contributed by atoms with Crippen molar-refractivity contribution in [3.8, 4) is 6.07 Å². The smallest absolute Gasteiger partial charge is 0.237 e. The van der Waals surface area contributed by atoms with Gasteiger partial charge in [-0.2, -0.15) is 5.26 Å². The standard InChI is InChI=1S/C11H20N2O/c1-3-5-7-11(9-12,10(13)14)8-6-4-2/h3-8H2,1-2H3,(H2,13,14). The van der Waals surface area contributed by atoms with Crippen LogP contribution in [0, 0.1) is 16.7 Å². The van der Waals surface area contributed by atoms with Gasteiger partial charge in [-0.05, 0) is 12.8 Å². The van der Waals surface area contributed by atoms with E-state index in [0.717, 1.165) is 25.7 Å². The molecule has 1 amide bonds. The van der Waals surface area contributed by atoms with E-state index in [1.807, 2.05) is 13.8 Å². The van der Waals surface area contributed by atoms with Crippen molar-refractivity contribution in [2.24, 2.45) is 11.1 Å². The molecule has 0 atom stereocenters. The van der Waals surface area contributed by atoms with Crippen LogP contribution in [0.5, 0.6) is 0 Å². The zero-order valence-corrected chi connectivity index (χ0v) is 9.18. The number of carbonyl (C=O) groups excluding carboxylic acids is 1. The summed E-state index contributed by atoms with van der Waals surface area (Å²) < 4.78 is 0. The van der Waals surface area contributed by atoms with Crippen molar-refractivity contribution >= 4 is 5.91 Å². The van der Waals surface area contributed by atoms with Crippen LogP contribution in [-0.2, 0) is 4.79 Å². The Bertz CT molecular complexity index is 210. The van der Waals surface area contributed by atoms with Crippen LogP contribution in [0.15, 0.2) is 0 Å². The van der Waals surface area contributed by atoms with Crippen molar-refractivity contribution in [2.75, 3.05) is 0 Å². The van der Waals surface area contributed by atoms with Gasteiger partial charge in [0.1, 0.15) is 5.41 Å². The molecule has 0 fully saturated rings. The maximum atomic E-state index is 11.3. The number of primary amides is 1. The molecule has 0 unspecified atom stereocenters. The Balaban J connectivity index is 4.46. The maximum Gasteiger partial charge on any atom is 0.237 e. The van der Waals surface area contributed by atoms with Crippen molar-refractivity contribution in [1.82, 2.24) is 0 Å². The Morgan fingerprint density at radius 2 is 1.71 bits per heavy atom. The first-order chi connectivity index (χ1) is 6.63. The van der Waals surface area contributed by atoms with Gasteiger partial charge in [-0.1, -0.05) is 39.5 Å². The Kier molecular flexibility index (Phi) is 5.94. The highest BCUT2D eigenvalue weighted by atomic mass is 16.1. The topological polar surface area (TPSA) is 66.9 Å². The lowest BCUT2D eigenvalue weighted by atomic mass is 9.79. The fourth-order valence-electron chi connectivity index (χ4n) is 1.50. The Hall–Kier alpha value is -1.04. The number of nitrogens with zero attached hydrogens (tertiary/aromatic N) is 1. The van der Waals surface area contributed by atoms with E-state index in [1.54, 1.807) is 0 Å². The third-order valence-corrected chi connectivity index (χ3v) is 2.60. The van der Waals surface area contributed by atoms with Crippen LogP contribution in [0.1, 0.15) is 52.4 Å². The zero-order chi connectivity index (χ0) is 11.0. The van der Waals surface area contributed by atoms with Gasteiger partial charge in [-0.3, -0.25) is 4.79 Å². The summed E-state index contributed by atoms with van der Waals surface area (Å²) in [6, 6.07) is 2.11. The highest BCUT2D eigenvalue weighted by Gasteiger charge is 2.35. The molecule has 0 aliphatic carbocycles. The predicted octanol–water partition coefficient (Wildman–Crippen LogP) is 2.36. The fraction of sp³-hybridized carbons (Fsp3) is 0.818. The molecule has 0 saturated carbocycles. The summed E-state index contributed by atoms with van der Waals surface area (Å²) in [6.45, 7) is 4.09. The molecule has 0 saturated heterocycles. The minimum Gasteiger partial charge on any atom is -0.368 e. The minimum absolute atomic E-state index is 0.457. The van der Waals surface area contributed by atoms with Gasteiger partial charge in [-0.25, -0.2) is 0 Å². The number of hydrogen-bond acceptors (Lipinski definition) is 2. The first kappa shape index (κ1) is 13.0. The summed E-state index contributed by atoms with van der Waals surface area (Å²) in [5.74, 6) is -0.457. The van der Waals surface area contributed by atoms with Crippen molar-refractivity contribution in [3.05, 3.63) is 0 Å². The molecular formula is C11H20N2O. The van der Waals surface area contributed by atoms with Gasteiger partial charge >= 0.3 is 0 Å². The molecule has 14 heavy (non-hydrogen) atoms. The van der Waals surface area contributed by atoms with Crippen molar-refractivity contribution < 1.29 is 4.79 Å². The average Bonchev–Trinajstić information content (AvgIpc) is 2.18. The second-order valence-electron chi connectivity index (χ2n) is 3.77. The van der Waals surface area contributed by atoms with E-state index < -0.39 is 11.3 Å². The molecule has 0 aliphatic heterocycles. The molecule has 3 nitrogen and oxygen atoms in total. The van der Waals surface area contributed by atoms with Gasteiger partial charge in [0.25, 0.3) is 0 Å². The van der Waals surface area contributed by atoms with E-state index in [4.69, 9.17) is 11.0 Å². The average molecular weight is 196 g/mol. The van der Waals surface area contributed by atoms with Gasteiger partial charge in [0.2, 0.25) is 5.91 Å². The molecule has 0 heterocycles. The number of carbonyl (C=O) groups is 1. The van der Waals surface area contributed by atoms with Gasteiger partial charge in [0.05, 0.1) is 6.07 Å². The zero-order valence-electron chi connectivity index (χ0n) is 9.18. The highest BCUT2D eigenvalue weighted by Crippen LogP contribution is 2.29. The second kappa shape index (κ2) is 6.42. The summed E-state index contributed by atoms with van der Waals surface area (Å²) >= 11 is 0. The molecule has 0 bridgehead atoms. The molecule has 80 valence electrons. The third kappa shape index (κ3) is 3.37. The molecule has 0 aromatic heterocycles. The van der Waals surface area contributed by atoms with Crippen LogP contribution < -0.4 is 5.73 Å². The molecule has 0 aromatic rings. The van der Waals surface area contributed by atoms with Crippen LogP contribution >= 0.6 is 0 Å². The highest BCUT2D eigenvalue weighted by molar-refractivity contribution is 5.83. The van der Waals surface area contributed by atoms with Gasteiger partial charge in [0, 0.05) is 0 Å². The lowest BCUT2D eigenvalue weighted by Gasteiger charge is -2.22. The van der Waals surface area contributed by atoms with Crippen LogP contribution in [-0.4, -0.2) is 5.91 Å². The van der Waals surface area contributed by atoms with E-state index in [2.05, 4.69) is 6.07 Å². The predicted molar refractivity (Wildman–Crippen MR) is 56.3 cm³/mol. The third-order valence-electron chi connectivity index (χ3n) is 2.60. The van der Waals surface area contributed by atoms with Gasteiger partial charge in [-0.15, -0.1) is 0 Å². The quantitative estimate of drug-likeness (QED) is 0.679. The fourth-order valence-corrected chi connectivity index (χ4v) is 1.50. The molecule has 0 aromatic carbocycles. The number of unbranched alkanes of at least 4 members (excludes halogenated alkanes) is 2. The van der Waals surface area contributed by atoms with E-state index in [1.165, 1.54) is 0 Å². The molecule has 0 radical (unpaired) electrons. The summed E-state index contributed by atoms with van der Waals surface area (Å²) in [7, 11) is 0. The van der Waals surface area contributed by atoms with Crippen molar-refractivity contribution in [1.29, 1.82) is 5.26 Å². The van der Waals surface area contributed by atoms with Crippen molar-refractivity contribution in [2.45, 2.75) is 52.4 Å². The van der Waals surface area contributed by atoms with Crippen LogP contribution in [0.25, 0.3) is 0 Å². The normalized spacial score (nSPS) is 10.9. The lowest BCUT2D eigenvalue weighted by molar-refractivity contribution is -0.125. The Morgan fingerprint density at radius 3 is 1.93 bits per heavy atom. The summed E-state index contributed by atoms with van der Waals surface area (Å²) in [4.78, 5) is 11.3. The van der Waals surface area contributed by atoms with E-state index in [9.17, 15) is 4.79 Å². The Labute approximate surface area is 86.3 Å². The minimum atomic E-state index is -0.911. The van der Waals surface area contributed by atoms with Crippen molar-refractivity contribution in [3.63, 3.8) is 0 Å². The monoisotopic (exact) mass is 196 g/mol. The SMILES string of the molecule is CCCCC(C#N)(CCCC)C(N)=O. The van der Waals surface area contributed by atoms with E-state index in [0.29, 0.717) is 12.8 Å². The largest absolute Gasteiger partial charge is 0.368 e. The van der Waals surface area contributed by atoms with E-state index in [-0.39, 0.29) is 0 Å². The van der Waals surface area contributed by atoms with Crippen LogP contribution in [0.3, 0.4) is 0 Å². The number of rotatable bonds is 7. The lowest BCUT2D eigenvalue weighted by Crippen LogP contribution is -2.35. The summed E-state index contributed by atoms with van der Waals surface area (Å²) in [6.07, 6.45) is 4.97. The molecule has 0 aliphatic rings. The Morgan fingerprint density at radius 1 is 1.29 bits per heavy atom. The van der Waals surface area contributed by atoms with Gasteiger partial charge in [0.15, 0.2) is 0 Å². The number of nitrogens with two attached hydrogens (primary N) is 1. The van der Waals surface area contributed by atoms with E-state index >= 15 is 0 Å². The molecule has 2 N–H and O–H groups in total. The number of hydrogen-bond donors (Lipinski definition) is 1. The number of amides is 1. The maximum absolute atomic E-state index is 11.3. The first-order valence-corrected chi connectivity index (χ1v) is 5.34. The molecule has 3 heteroatoms. The van der Waals surface area contributed by atoms with Crippen LogP contribution in [0.2, 0.25) is 0 Å². The summed E-state index contributed by atoms with van der Waals surface area (Å²) in [5, 5.41) is 9.05. The van der Waals surface area contributed by atoms with Crippen LogP contribution in [0.4, 0.5) is 0 Å². The molecule has 0 spiro atoms. The molecular weight excluding hydrogens is 176 g/mol. The summed E-state index contributed by atoms with van der Waals surface area (Å²) in [5.41, 5.74) is 4.39.